The molecular formula is C16H18O2S. The average Bonchev–Trinajstić information content (AvgIpc) is 2.34. The van der Waals surface area contributed by atoms with E-state index in [1.54, 1.807) is 12.1 Å². The molecule has 2 aromatic rings. The normalized spacial score (nSPS) is 11.5. The minimum atomic E-state index is -3.27. The first-order valence-corrected chi connectivity index (χ1v) is 7.89. The molecule has 0 bridgehead atoms. The molecule has 0 saturated heterocycles. The molecule has 0 saturated carbocycles. The van der Waals surface area contributed by atoms with E-state index in [2.05, 4.69) is 0 Å². The zero-order chi connectivity index (χ0) is 14.0. The first kappa shape index (κ1) is 13.8. The lowest BCUT2D eigenvalue weighted by Gasteiger charge is -2.09. The van der Waals surface area contributed by atoms with Crippen molar-refractivity contribution in [1.29, 1.82) is 0 Å². The zero-order valence-electron chi connectivity index (χ0n) is 11.5. The van der Waals surface area contributed by atoms with Crippen molar-refractivity contribution < 1.29 is 8.42 Å². The predicted octanol–water partition coefficient (Wildman–Crippen LogP) is 3.59. The van der Waals surface area contributed by atoms with E-state index in [-0.39, 0.29) is 5.75 Å². The molecule has 0 unspecified atom stereocenters. The largest absolute Gasteiger partial charge is 0.223 e. The summed E-state index contributed by atoms with van der Waals surface area (Å²) >= 11 is 0. The average molecular weight is 274 g/mol. The predicted molar refractivity (Wildman–Crippen MR) is 78.0 cm³/mol. The van der Waals surface area contributed by atoms with Crippen LogP contribution in [-0.2, 0) is 15.6 Å². The van der Waals surface area contributed by atoms with Gasteiger partial charge in [0.15, 0.2) is 9.84 Å². The molecule has 2 nitrogen and oxygen atoms in total. The Morgan fingerprint density at radius 3 is 2.05 bits per heavy atom. The van der Waals surface area contributed by atoms with Crippen molar-refractivity contribution in [3.8, 4) is 0 Å². The van der Waals surface area contributed by atoms with Crippen LogP contribution in [0.3, 0.4) is 0 Å². The molecular weight excluding hydrogens is 256 g/mol. The summed E-state index contributed by atoms with van der Waals surface area (Å²) in [5, 5.41) is 0. The van der Waals surface area contributed by atoms with Crippen LogP contribution in [0.4, 0.5) is 0 Å². The van der Waals surface area contributed by atoms with E-state index in [4.69, 9.17) is 0 Å². The second kappa shape index (κ2) is 5.17. The van der Waals surface area contributed by atoms with Gasteiger partial charge in [-0.05, 0) is 44.0 Å². The Kier molecular flexibility index (Phi) is 3.76. The van der Waals surface area contributed by atoms with Gasteiger partial charge in [0, 0.05) is 0 Å². The molecule has 0 N–H and O–H groups in total. The number of hydrogen-bond donors (Lipinski definition) is 0. The van der Waals surface area contributed by atoms with Crippen LogP contribution >= 0.6 is 0 Å². The van der Waals surface area contributed by atoms with Crippen molar-refractivity contribution >= 4 is 9.84 Å². The third-order valence-corrected chi connectivity index (χ3v) is 4.91. The maximum Gasteiger partial charge on any atom is 0.182 e. The summed E-state index contributed by atoms with van der Waals surface area (Å²) in [5.74, 6) is 0.0591. The van der Waals surface area contributed by atoms with E-state index in [1.165, 1.54) is 0 Å². The second-order valence-electron chi connectivity index (χ2n) is 5.00. The van der Waals surface area contributed by atoms with E-state index < -0.39 is 9.84 Å². The summed E-state index contributed by atoms with van der Waals surface area (Å²) in [5.41, 5.74) is 4.03. The number of rotatable bonds is 3. The highest BCUT2D eigenvalue weighted by Crippen LogP contribution is 2.20. The zero-order valence-corrected chi connectivity index (χ0v) is 12.3. The molecule has 100 valence electrons. The molecule has 0 fully saturated rings. The Labute approximate surface area is 115 Å². The van der Waals surface area contributed by atoms with Crippen LogP contribution in [0.25, 0.3) is 0 Å². The summed E-state index contributed by atoms with van der Waals surface area (Å²) in [4.78, 5) is 0.388. The quantitative estimate of drug-likeness (QED) is 0.857. The first-order chi connectivity index (χ1) is 8.88. The van der Waals surface area contributed by atoms with Gasteiger partial charge in [0.1, 0.15) is 0 Å². The second-order valence-corrected chi connectivity index (χ2v) is 6.99. The monoisotopic (exact) mass is 274 g/mol. The summed E-state index contributed by atoms with van der Waals surface area (Å²) in [6.07, 6.45) is 0. The van der Waals surface area contributed by atoms with Crippen LogP contribution in [0.2, 0.25) is 0 Å². The topological polar surface area (TPSA) is 34.1 Å². The van der Waals surface area contributed by atoms with Gasteiger partial charge in [-0.25, -0.2) is 8.42 Å². The maximum absolute atomic E-state index is 12.4. The minimum Gasteiger partial charge on any atom is -0.223 e. The molecule has 3 heteroatoms. The molecule has 0 amide bonds. The molecule has 0 aromatic heterocycles. The standard InChI is InChI=1S/C16H18O2S/c1-12-5-8-16(9-6-12)19(17,18)11-15-10-13(2)4-7-14(15)3/h4-10H,11H2,1-3H3. The van der Waals surface area contributed by atoms with E-state index >= 15 is 0 Å². The van der Waals surface area contributed by atoms with E-state index in [0.717, 1.165) is 22.3 Å². The van der Waals surface area contributed by atoms with Crippen molar-refractivity contribution in [1.82, 2.24) is 0 Å². The van der Waals surface area contributed by atoms with Gasteiger partial charge in [-0.3, -0.25) is 0 Å². The molecule has 0 heterocycles. The molecule has 0 radical (unpaired) electrons. The molecule has 2 rings (SSSR count). The van der Waals surface area contributed by atoms with E-state index in [0.29, 0.717) is 4.90 Å². The molecule has 0 aliphatic heterocycles. The van der Waals surface area contributed by atoms with Gasteiger partial charge in [-0.1, -0.05) is 41.5 Å². The summed E-state index contributed by atoms with van der Waals surface area (Å²) in [6, 6.07) is 12.9. The Morgan fingerprint density at radius 1 is 0.842 bits per heavy atom. The van der Waals surface area contributed by atoms with Crippen molar-refractivity contribution in [2.75, 3.05) is 0 Å². The van der Waals surface area contributed by atoms with Gasteiger partial charge in [0.25, 0.3) is 0 Å². The third kappa shape index (κ3) is 3.24. The lowest BCUT2D eigenvalue weighted by atomic mass is 10.1. The fourth-order valence-electron chi connectivity index (χ4n) is 1.99. The summed E-state index contributed by atoms with van der Waals surface area (Å²) < 4.78 is 24.8. The van der Waals surface area contributed by atoms with Gasteiger partial charge in [0.05, 0.1) is 10.6 Å². The Morgan fingerprint density at radius 2 is 1.42 bits per heavy atom. The molecule has 0 aliphatic rings. The van der Waals surface area contributed by atoms with Gasteiger partial charge in [-0.2, -0.15) is 0 Å². The Bertz CT molecular complexity index is 683. The summed E-state index contributed by atoms with van der Waals surface area (Å²) in [7, 11) is -3.27. The minimum absolute atomic E-state index is 0.0591. The van der Waals surface area contributed by atoms with Gasteiger partial charge in [-0.15, -0.1) is 0 Å². The Hall–Kier alpha value is -1.61. The van der Waals surface area contributed by atoms with Crippen LogP contribution in [0, 0.1) is 20.8 Å². The lowest BCUT2D eigenvalue weighted by Crippen LogP contribution is -2.06. The Balaban J connectivity index is 2.36. The van der Waals surface area contributed by atoms with Crippen molar-refractivity contribution in [3.05, 3.63) is 64.7 Å². The highest BCUT2D eigenvalue weighted by Gasteiger charge is 2.16. The van der Waals surface area contributed by atoms with Crippen LogP contribution in [-0.4, -0.2) is 8.42 Å². The van der Waals surface area contributed by atoms with Crippen molar-refractivity contribution in [2.24, 2.45) is 0 Å². The fourth-order valence-corrected chi connectivity index (χ4v) is 3.43. The van der Waals surface area contributed by atoms with Crippen LogP contribution in [0.15, 0.2) is 47.4 Å². The summed E-state index contributed by atoms with van der Waals surface area (Å²) in [6.45, 7) is 5.86. The van der Waals surface area contributed by atoms with Gasteiger partial charge >= 0.3 is 0 Å². The van der Waals surface area contributed by atoms with Gasteiger partial charge in [0.2, 0.25) is 0 Å². The first-order valence-electron chi connectivity index (χ1n) is 6.24. The molecule has 0 aliphatic carbocycles. The number of hydrogen-bond acceptors (Lipinski definition) is 2. The molecule has 0 atom stereocenters. The van der Waals surface area contributed by atoms with Crippen LogP contribution in [0.5, 0.6) is 0 Å². The SMILES string of the molecule is Cc1ccc(S(=O)(=O)Cc2cc(C)ccc2C)cc1. The fraction of sp³-hybridized carbons (Fsp3) is 0.250. The van der Waals surface area contributed by atoms with E-state index in [9.17, 15) is 8.42 Å². The third-order valence-electron chi connectivity index (χ3n) is 3.23. The highest BCUT2D eigenvalue weighted by molar-refractivity contribution is 7.90. The molecule has 0 spiro atoms. The molecule has 2 aromatic carbocycles. The number of aryl methyl sites for hydroxylation is 3. The van der Waals surface area contributed by atoms with Gasteiger partial charge < -0.3 is 0 Å². The van der Waals surface area contributed by atoms with Crippen molar-refractivity contribution in [3.63, 3.8) is 0 Å². The maximum atomic E-state index is 12.4. The van der Waals surface area contributed by atoms with Crippen LogP contribution in [0.1, 0.15) is 22.3 Å². The lowest BCUT2D eigenvalue weighted by molar-refractivity contribution is 0.595. The number of benzene rings is 2. The van der Waals surface area contributed by atoms with E-state index in [1.807, 2.05) is 51.1 Å². The molecule has 19 heavy (non-hydrogen) atoms. The number of sulfone groups is 1. The van der Waals surface area contributed by atoms with Crippen LogP contribution < -0.4 is 0 Å². The van der Waals surface area contributed by atoms with Crippen molar-refractivity contribution in [2.45, 2.75) is 31.4 Å². The highest BCUT2D eigenvalue weighted by atomic mass is 32.2. The smallest absolute Gasteiger partial charge is 0.182 e.